The summed E-state index contributed by atoms with van der Waals surface area (Å²) in [6, 6.07) is 0. The van der Waals surface area contributed by atoms with Gasteiger partial charge in [0.05, 0.1) is 6.54 Å². The molecule has 1 N–H and O–H groups in total. The lowest BCUT2D eigenvalue weighted by Gasteiger charge is -2.26. The zero-order valence-electron chi connectivity index (χ0n) is 9.03. The zero-order chi connectivity index (χ0) is 10.9. The molecule has 0 aromatic carbocycles. The normalized spacial score (nSPS) is 34.7. The van der Waals surface area contributed by atoms with Gasteiger partial charge in [0.15, 0.2) is 0 Å². The van der Waals surface area contributed by atoms with E-state index in [-0.39, 0.29) is 17.1 Å². The fraction of sp³-hybridized carbons (Fsp3) is 0.900. The molecule has 15 heavy (non-hydrogen) atoms. The van der Waals surface area contributed by atoms with E-state index in [1.54, 1.807) is 0 Å². The van der Waals surface area contributed by atoms with Crippen molar-refractivity contribution in [2.45, 2.75) is 37.2 Å². The number of ether oxygens (including phenoxy) is 1. The molecule has 2 saturated heterocycles. The van der Waals surface area contributed by atoms with E-state index in [1.807, 2.05) is 0 Å². The number of carbonyl (C=O) groups excluding carboxylic acids is 1. The van der Waals surface area contributed by atoms with E-state index in [0.717, 1.165) is 32.4 Å². The highest BCUT2D eigenvalue weighted by atomic mass is 32.1. The van der Waals surface area contributed by atoms with Gasteiger partial charge in [-0.2, -0.15) is 12.6 Å². The fourth-order valence-electron chi connectivity index (χ4n) is 2.34. The van der Waals surface area contributed by atoms with E-state index < -0.39 is 0 Å². The fourth-order valence-corrected chi connectivity index (χ4v) is 2.57. The molecule has 4 nitrogen and oxygen atoms in total. The molecule has 0 aromatic heterocycles. The predicted octanol–water partition coefficient (Wildman–Crippen LogP) is 1.23. The number of alkyl carbamates (subject to hydrolysis) is 1. The smallest absolute Gasteiger partial charge is 0.407 e. The minimum Gasteiger partial charge on any atom is -0.441 e. The van der Waals surface area contributed by atoms with Crippen LogP contribution in [0.5, 0.6) is 0 Å². The second-order valence-corrected chi connectivity index (χ2v) is 5.19. The van der Waals surface area contributed by atoms with Crippen molar-refractivity contribution in [1.82, 2.24) is 10.2 Å². The molecule has 2 atom stereocenters. The highest BCUT2D eigenvalue weighted by Crippen LogP contribution is 2.30. The maximum atomic E-state index is 11.1. The van der Waals surface area contributed by atoms with Crippen LogP contribution in [-0.4, -0.2) is 41.6 Å². The summed E-state index contributed by atoms with van der Waals surface area (Å²) in [6.07, 6.45) is 2.68. The second-order valence-electron chi connectivity index (χ2n) is 4.45. The molecular formula is C10H18N2O2S. The summed E-state index contributed by atoms with van der Waals surface area (Å²) in [5, 5.41) is 3.04. The number of nitrogens with zero attached hydrogens (tertiary/aromatic N) is 1. The van der Waals surface area contributed by atoms with E-state index in [1.165, 1.54) is 0 Å². The van der Waals surface area contributed by atoms with Gasteiger partial charge in [0.1, 0.15) is 5.60 Å². The Labute approximate surface area is 95.8 Å². The molecule has 5 heteroatoms. The molecule has 0 aliphatic carbocycles. The molecule has 1 spiro atoms. The summed E-state index contributed by atoms with van der Waals surface area (Å²) in [5.41, 5.74) is -0.242. The summed E-state index contributed by atoms with van der Waals surface area (Å²) < 4.78 is 5.40. The van der Waals surface area contributed by atoms with Gasteiger partial charge in [-0.1, -0.05) is 0 Å². The molecule has 86 valence electrons. The van der Waals surface area contributed by atoms with Gasteiger partial charge < -0.3 is 10.1 Å². The topological polar surface area (TPSA) is 41.6 Å². The zero-order valence-corrected chi connectivity index (χ0v) is 9.93. The predicted molar refractivity (Wildman–Crippen MR) is 61.1 cm³/mol. The van der Waals surface area contributed by atoms with Crippen LogP contribution in [0.4, 0.5) is 4.79 Å². The van der Waals surface area contributed by atoms with Crippen molar-refractivity contribution in [1.29, 1.82) is 0 Å². The van der Waals surface area contributed by atoms with Gasteiger partial charge in [-0.15, -0.1) is 0 Å². The Morgan fingerprint density at radius 3 is 2.93 bits per heavy atom. The van der Waals surface area contributed by atoms with Gasteiger partial charge in [-0.05, 0) is 26.3 Å². The van der Waals surface area contributed by atoms with Crippen molar-refractivity contribution in [2.75, 3.05) is 19.6 Å². The van der Waals surface area contributed by atoms with Crippen LogP contribution in [-0.2, 0) is 4.74 Å². The van der Waals surface area contributed by atoms with E-state index >= 15 is 0 Å². The van der Waals surface area contributed by atoms with Crippen molar-refractivity contribution in [3.8, 4) is 0 Å². The number of rotatable bonds is 1. The number of hydrogen-bond acceptors (Lipinski definition) is 4. The molecular weight excluding hydrogens is 212 g/mol. The van der Waals surface area contributed by atoms with Crippen LogP contribution in [0.1, 0.15) is 26.2 Å². The minimum absolute atomic E-state index is 0.242. The van der Waals surface area contributed by atoms with Crippen molar-refractivity contribution in [3.63, 3.8) is 0 Å². The maximum absolute atomic E-state index is 11.1. The number of hydrogen-bond donors (Lipinski definition) is 2. The Balaban J connectivity index is 1.98. The van der Waals surface area contributed by atoms with Crippen LogP contribution >= 0.6 is 12.6 Å². The summed E-state index contributed by atoms with van der Waals surface area (Å²) in [7, 11) is 0. The molecule has 0 aromatic rings. The second kappa shape index (κ2) is 4.22. The molecule has 0 radical (unpaired) electrons. The first-order valence-electron chi connectivity index (χ1n) is 5.50. The van der Waals surface area contributed by atoms with Crippen LogP contribution in [0.15, 0.2) is 0 Å². The Morgan fingerprint density at radius 1 is 1.53 bits per heavy atom. The third-order valence-corrected chi connectivity index (χ3v) is 3.65. The molecule has 0 bridgehead atoms. The summed E-state index contributed by atoms with van der Waals surface area (Å²) >= 11 is 4.44. The molecule has 2 fully saturated rings. The lowest BCUT2D eigenvalue weighted by molar-refractivity contribution is 0.0444. The van der Waals surface area contributed by atoms with Crippen molar-refractivity contribution in [3.05, 3.63) is 0 Å². The van der Waals surface area contributed by atoms with Gasteiger partial charge in [0.2, 0.25) is 0 Å². The Morgan fingerprint density at radius 2 is 2.33 bits per heavy atom. The molecule has 1 amide bonds. The van der Waals surface area contributed by atoms with Gasteiger partial charge in [-0.25, -0.2) is 4.79 Å². The molecule has 2 aliphatic rings. The first-order chi connectivity index (χ1) is 7.11. The first-order valence-corrected chi connectivity index (χ1v) is 6.02. The van der Waals surface area contributed by atoms with Gasteiger partial charge >= 0.3 is 6.09 Å². The molecule has 2 aliphatic heterocycles. The summed E-state index contributed by atoms with van der Waals surface area (Å²) in [5.74, 6) is 0. The SMILES string of the molecule is CC(S)N1CCCC2(CC1)CNC(=O)O2. The van der Waals surface area contributed by atoms with E-state index in [0.29, 0.717) is 6.54 Å². The Hall–Kier alpha value is -0.420. The monoisotopic (exact) mass is 230 g/mol. The van der Waals surface area contributed by atoms with Gasteiger partial charge in [0.25, 0.3) is 0 Å². The highest BCUT2D eigenvalue weighted by Gasteiger charge is 2.41. The summed E-state index contributed by atoms with van der Waals surface area (Å²) in [4.78, 5) is 13.4. The molecule has 0 saturated carbocycles. The summed E-state index contributed by atoms with van der Waals surface area (Å²) in [6.45, 7) is 4.75. The van der Waals surface area contributed by atoms with Crippen molar-refractivity contribution >= 4 is 18.7 Å². The number of nitrogens with one attached hydrogen (secondary N) is 1. The lowest BCUT2D eigenvalue weighted by atomic mass is 9.95. The van der Waals surface area contributed by atoms with Gasteiger partial charge in [-0.3, -0.25) is 4.90 Å². The largest absolute Gasteiger partial charge is 0.441 e. The number of amides is 1. The standard InChI is InChI=1S/C10H18N2O2S/c1-8(15)12-5-2-3-10(4-6-12)7-11-9(13)14-10/h8,15H,2-7H2,1H3,(H,11,13). The average Bonchev–Trinajstić information content (AvgIpc) is 2.43. The number of carbonyl (C=O) groups is 1. The lowest BCUT2D eigenvalue weighted by Crippen LogP contribution is -2.36. The number of thiol groups is 1. The molecule has 2 rings (SSSR count). The van der Waals surface area contributed by atoms with Crippen molar-refractivity contribution in [2.24, 2.45) is 0 Å². The highest BCUT2D eigenvalue weighted by molar-refractivity contribution is 7.80. The molecule has 2 unspecified atom stereocenters. The van der Waals surface area contributed by atoms with Crippen LogP contribution in [0, 0.1) is 0 Å². The third kappa shape index (κ3) is 2.39. The van der Waals surface area contributed by atoms with Crippen LogP contribution in [0.3, 0.4) is 0 Å². The maximum Gasteiger partial charge on any atom is 0.407 e. The van der Waals surface area contributed by atoms with E-state index in [4.69, 9.17) is 4.74 Å². The Kier molecular flexibility index (Phi) is 3.11. The van der Waals surface area contributed by atoms with Crippen LogP contribution in [0.25, 0.3) is 0 Å². The van der Waals surface area contributed by atoms with E-state index in [2.05, 4.69) is 29.8 Å². The minimum atomic E-state index is -0.262. The van der Waals surface area contributed by atoms with Crippen molar-refractivity contribution < 1.29 is 9.53 Å². The van der Waals surface area contributed by atoms with Crippen LogP contribution < -0.4 is 5.32 Å². The first kappa shape index (κ1) is 11.1. The molecule has 2 heterocycles. The average molecular weight is 230 g/mol. The quantitative estimate of drug-likeness (QED) is 0.666. The third-order valence-electron chi connectivity index (χ3n) is 3.32. The van der Waals surface area contributed by atoms with Gasteiger partial charge in [0, 0.05) is 18.3 Å². The van der Waals surface area contributed by atoms with E-state index in [9.17, 15) is 4.79 Å². The van der Waals surface area contributed by atoms with Crippen LogP contribution in [0.2, 0.25) is 0 Å². The number of likely N-dealkylation sites (tertiary alicyclic amines) is 1. The Bertz CT molecular complexity index is 260.